The summed E-state index contributed by atoms with van der Waals surface area (Å²) in [6.07, 6.45) is 1.77. The van der Waals surface area contributed by atoms with Gasteiger partial charge in [0.2, 0.25) is 0 Å². The number of carbonyl (C=O) groups is 1. The van der Waals surface area contributed by atoms with Crippen LogP contribution in [0.25, 0.3) is 11.8 Å². The third-order valence-electron chi connectivity index (χ3n) is 6.59. The first kappa shape index (κ1) is 27.9. The van der Waals surface area contributed by atoms with Crippen LogP contribution in [-0.2, 0) is 9.53 Å². The second-order valence-electron chi connectivity index (χ2n) is 9.02. The fourth-order valence-corrected chi connectivity index (χ4v) is 5.81. The van der Waals surface area contributed by atoms with Crippen LogP contribution in [0.15, 0.2) is 88.2 Å². The van der Waals surface area contributed by atoms with Crippen LogP contribution < -0.4 is 29.1 Å². The van der Waals surface area contributed by atoms with Gasteiger partial charge in [-0.3, -0.25) is 9.36 Å². The molecule has 2 heterocycles. The highest BCUT2D eigenvalue weighted by molar-refractivity contribution is 7.07. The first-order valence-electron chi connectivity index (χ1n) is 13.2. The van der Waals surface area contributed by atoms with E-state index in [9.17, 15) is 9.59 Å². The molecule has 0 radical (unpaired) electrons. The fraction of sp³-hybridized carbons (Fsp3) is 0.219. The maximum absolute atomic E-state index is 14.2. The monoisotopic (exact) mass is 570 g/mol. The van der Waals surface area contributed by atoms with Crippen molar-refractivity contribution in [3.8, 4) is 17.2 Å². The summed E-state index contributed by atoms with van der Waals surface area (Å²) in [4.78, 5) is 33.1. The first-order chi connectivity index (χ1) is 20.0. The summed E-state index contributed by atoms with van der Waals surface area (Å²) < 4.78 is 24.4. The lowest BCUT2D eigenvalue weighted by Crippen LogP contribution is -2.40. The molecule has 1 aliphatic heterocycles. The summed E-state index contributed by atoms with van der Waals surface area (Å²) in [7, 11) is 3.15. The molecule has 4 aromatic rings. The minimum Gasteiger partial charge on any atom is -0.497 e. The van der Waals surface area contributed by atoms with Gasteiger partial charge in [-0.15, -0.1) is 0 Å². The minimum atomic E-state index is -0.797. The number of ether oxygens (including phenoxy) is 4. The first-order valence-corrected chi connectivity index (χ1v) is 14.0. The second kappa shape index (κ2) is 12.3. The largest absolute Gasteiger partial charge is 0.497 e. The van der Waals surface area contributed by atoms with Crippen LogP contribution in [0.5, 0.6) is 17.2 Å². The Morgan fingerprint density at radius 3 is 2.46 bits per heavy atom. The molecule has 0 N–H and O–H groups in total. The molecular weight excluding hydrogens is 540 g/mol. The summed E-state index contributed by atoms with van der Waals surface area (Å²) >= 11 is 1.25. The molecule has 41 heavy (non-hydrogen) atoms. The smallest absolute Gasteiger partial charge is 0.338 e. The summed E-state index contributed by atoms with van der Waals surface area (Å²) in [5.74, 6) is 1.18. The highest BCUT2D eigenvalue weighted by Crippen LogP contribution is 2.36. The van der Waals surface area contributed by atoms with Gasteiger partial charge in [-0.2, -0.15) is 0 Å². The molecule has 210 valence electrons. The van der Waals surface area contributed by atoms with Crippen LogP contribution in [0.4, 0.5) is 0 Å². The van der Waals surface area contributed by atoms with E-state index in [2.05, 4.69) is 0 Å². The number of para-hydroxylation sites is 1. The average Bonchev–Trinajstić information content (AvgIpc) is 3.31. The van der Waals surface area contributed by atoms with E-state index in [1.807, 2.05) is 79.7 Å². The molecule has 0 saturated carbocycles. The number of aromatic nitrogens is 1. The van der Waals surface area contributed by atoms with Gasteiger partial charge in [0.25, 0.3) is 5.56 Å². The summed E-state index contributed by atoms with van der Waals surface area (Å²) in [5.41, 5.74) is 2.58. The molecule has 9 heteroatoms. The highest BCUT2D eigenvalue weighted by atomic mass is 32.1. The number of hydrogen-bond donors (Lipinski definition) is 0. The number of carbonyl (C=O) groups excluding carboxylic acids is 1. The molecule has 0 spiro atoms. The second-order valence-corrected chi connectivity index (χ2v) is 10.0. The lowest BCUT2D eigenvalue weighted by atomic mass is 9.93. The number of esters is 1. The molecule has 1 aromatic heterocycles. The Morgan fingerprint density at radius 2 is 1.76 bits per heavy atom. The van der Waals surface area contributed by atoms with Crippen molar-refractivity contribution in [3.63, 3.8) is 0 Å². The Kier molecular flexibility index (Phi) is 8.35. The lowest BCUT2D eigenvalue weighted by Gasteiger charge is -2.26. The van der Waals surface area contributed by atoms with Crippen LogP contribution >= 0.6 is 11.3 Å². The number of fused-ring (bicyclic) bond motifs is 1. The van der Waals surface area contributed by atoms with Crippen LogP contribution in [-0.4, -0.2) is 38.0 Å². The zero-order valence-electron chi connectivity index (χ0n) is 23.2. The predicted octanol–water partition coefficient (Wildman–Crippen LogP) is 4.35. The van der Waals surface area contributed by atoms with Crippen molar-refractivity contribution in [1.82, 2.24) is 4.57 Å². The van der Waals surface area contributed by atoms with Gasteiger partial charge in [0.15, 0.2) is 16.3 Å². The molecule has 1 unspecified atom stereocenters. The van der Waals surface area contributed by atoms with Crippen molar-refractivity contribution in [1.29, 1.82) is 0 Å². The van der Waals surface area contributed by atoms with Crippen LogP contribution in [0.1, 0.15) is 36.6 Å². The third kappa shape index (κ3) is 5.40. The number of nitrogens with zero attached hydrogens (tertiary/aromatic N) is 2. The maximum Gasteiger partial charge on any atom is 0.338 e. The number of methoxy groups -OCH3 is 2. The quantitative estimate of drug-likeness (QED) is 0.278. The summed E-state index contributed by atoms with van der Waals surface area (Å²) in [6, 6.07) is 21.5. The van der Waals surface area contributed by atoms with E-state index < -0.39 is 12.0 Å². The van der Waals surface area contributed by atoms with E-state index in [-0.39, 0.29) is 17.7 Å². The fourth-order valence-electron chi connectivity index (χ4n) is 4.81. The average molecular weight is 571 g/mol. The molecule has 0 saturated heterocycles. The van der Waals surface area contributed by atoms with Gasteiger partial charge in [0.05, 0.1) is 49.3 Å². The van der Waals surface area contributed by atoms with Crippen LogP contribution in [0.2, 0.25) is 0 Å². The molecule has 5 rings (SSSR count). The molecule has 1 aliphatic rings. The van der Waals surface area contributed by atoms with Crippen LogP contribution in [0.3, 0.4) is 0 Å². The van der Waals surface area contributed by atoms with Gasteiger partial charge in [-0.25, -0.2) is 9.79 Å². The molecule has 3 aromatic carbocycles. The van der Waals surface area contributed by atoms with Crippen LogP contribution in [0, 0.1) is 0 Å². The van der Waals surface area contributed by atoms with Gasteiger partial charge in [0, 0.05) is 11.1 Å². The van der Waals surface area contributed by atoms with E-state index in [4.69, 9.17) is 23.9 Å². The van der Waals surface area contributed by atoms with Gasteiger partial charge in [-0.1, -0.05) is 65.9 Å². The lowest BCUT2D eigenvalue weighted by molar-refractivity contribution is -0.138. The van der Waals surface area contributed by atoms with Gasteiger partial charge >= 0.3 is 5.97 Å². The van der Waals surface area contributed by atoms with Crippen molar-refractivity contribution < 1.29 is 23.7 Å². The van der Waals surface area contributed by atoms with Gasteiger partial charge in [0.1, 0.15) is 5.75 Å². The Labute approximate surface area is 241 Å². The summed E-state index contributed by atoms with van der Waals surface area (Å²) in [6.45, 7) is 4.25. The van der Waals surface area contributed by atoms with E-state index in [0.29, 0.717) is 50.0 Å². The molecule has 0 amide bonds. The van der Waals surface area contributed by atoms with Crippen molar-refractivity contribution in [3.05, 3.63) is 115 Å². The van der Waals surface area contributed by atoms with E-state index in [0.717, 1.165) is 5.56 Å². The van der Waals surface area contributed by atoms with Crippen molar-refractivity contribution in [2.75, 3.05) is 27.4 Å². The number of rotatable bonds is 9. The molecule has 1 atom stereocenters. The summed E-state index contributed by atoms with van der Waals surface area (Å²) in [5, 5.41) is 0. The zero-order chi connectivity index (χ0) is 28.9. The third-order valence-corrected chi connectivity index (χ3v) is 7.57. The standard InChI is InChI=1S/C32H30N2O6S/c1-5-39-29-22(15-11-17-24(29)38-4)19-25-30(35)34-28(21-14-10-16-23(18-21)37-3)26(31(36)40-6-2)27(33-32(34)41-25)20-12-8-7-9-13-20/h7-19,28H,5-6H2,1-4H3/b25-19+. The molecule has 8 nitrogen and oxygen atoms in total. The maximum atomic E-state index is 14.2. The number of benzene rings is 3. The molecule has 0 aliphatic carbocycles. The normalized spacial score (nSPS) is 14.7. The highest BCUT2D eigenvalue weighted by Gasteiger charge is 2.35. The van der Waals surface area contributed by atoms with E-state index in [1.54, 1.807) is 31.8 Å². The van der Waals surface area contributed by atoms with Gasteiger partial charge < -0.3 is 18.9 Å². The molecule has 0 fully saturated rings. The molecule has 0 bridgehead atoms. The van der Waals surface area contributed by atoms with Gasteiger partial charge in [-0.05, 0) is 43.7 Å². The SMILES string of the molecule is CCOC(=O)C1=C(c2ccccc2)N=c2s/c(=C/c3cccc(OC)c3OCC)c(=O)n2C1c1cccc(OC)c1. The zero-order valence-corrected chi connectivity index (χ0v) is 24.1. The van der Waals surface area contributed by atoms with Crippen molar-refractivity contribution >= 4 is 29.1 Å². The van der Waals surface area contributed by atoms with E-state index >= 15 is 0 Å². The Morgan fingerprint density at radius 1 is 0.976 bits per heavy atom. The Balaban J connectivity index is 1.83. The predicted molar refractivity (Wildman–Crippen MR) is 158 cm³/mol. The van der Waals surface area contributed by atoms with Crippen molar-refractivity contribution in [2.24, 2.45) is 4.99 Å². The Hall–Kier alpha value is -4.63. The number of thiazole rings is 1. The minimum absolute atomic E-state index is 0.176. The topological polar surface area (TPSA) is 88.4 Å². The van der Waals surface area contributed by atoms with Crippen molar-refractivity contribution in [2.45, 2.75) is 19.9 Å². The van der Waals surface area contributed by atoms with E-state index in [1.165, 1.54) is 11.3 Å². The Bertz CT molecular complexity index is 1790. The number of hydrogen-bond acceptors (Lipinski definition) is 8. The molecular formula is C32H30N2O6S.